The number of likely N-dealkylation sites (tertiary alicyclic amines) is 1. The van der Waals surface area contributed by atoms with Gasteiger partial charge in [-0.25, -0.2) is 0 Å². The van der Waals surface area contributed by atoms with E-state index in [1.165, 1.54) is 5.56 Å². The van der Waals surface area contributed by atoms with E-state index in [1.54, 1.807) is 0 Å². The summed E-state index contributed by atoms with van der Waals surface area (Å²) in [5.74, 6) is 1.31. The molecule has 5 nitrogen and oxygen atoms in total. The van der Waals surface area contributed by atoms with E-state index in [4.69, 9.17) is 0 Å². The number of nitrogens with one attached hydrogen (secondary N) is 2. The van der Waals surface area contributed by atoms with Gasteiger partial charge in [0.2, 0.25) is 5.91 Å². The molecule has 2 atom stereocenters. The van der Waals surface area contributed by atoms with Crippen LogP contribution in [-0.2, 0) is 11.3 Å². The average Bonchev–Trinajstić information content (AvgIpc) is 3.27. The van der Waals surface area contributed by atoms with Gasteiger partial charge < -0.3 is 10.2 Å². The third kappa shape index (κ3) is 3.28. The van der Waals surface area contributed by atoms with Crippen molar-refractivity contribution in [3.8, 4) is 0 Å². The van der Waals surface area contributed by atoms with Crippen LogP contribution >= 0.6 is 0 Å². The molecule has 1 saturated carbocycles. The Labute approximate surface area is 126 Å². The van der Waals surface area contributed by atoms with Crippen molar-refractivity contribution in [2.24, 2.45) is 11.8 Å². The number of aryl methyl sites for hydroxylation is 1. The number of aromatic nitrogens is 2. The molecule has 1 aliphatic carbocycles. The second-order valence-corrected chi connectivity index (χ2v) is 6.52. The molecule has 116 valence electrons. The Balaban J connectivity index is 1.54. The summed E-state index contributed by atoms with van der Waals surface area (Å²) in [7, 11) is 0. The maximum atomic E-state index is 12.2. The highest BCUT2D eigenvalue weighted by atomic mass is 16.2. The lowest BCUT2D eigenvalue weighted by atomic mass is 9.89. The molecule has 3 rings (SSSR count). The van der Waals surface area contributed by atoms with Crippen LogP contribution in [0.2, 0.25) is 0 Å². The fourth-order valence-electron chi connectivity index (χ4n) is 3.30. The van der Waals surface area contributed by atoms with Gasteiger partial charge in [0, 0.05) is 42.9 Å². The molecular weight excluding hydrogens is 264 g/mol. The molecule has 1 aromatic heterocycles. The van der Waals surface area contributed by atoms with E-state index >= 15 is 0 Å². The predicted molar refractivity (Wildman–Crippen MR) is 81.7 cm³/mol. The fourth-order valence-corrected chi connectivity index (χ4v) is 3.30. The van der Waals surface area contributed by atoms with Gasteiger partial charge in [-0.2, -0.15) is 5.10 Å². The van der Waals surface area contributed by atoms with Crippen molar-refractivity contribution in [3.63, 3.8) is 0 Å². The molecule has 0 bridgehead atoms. The Morgan fingerprint density at radius 1 is 1.48 bits per heavy atom. The SMILES string of the molecule is CCC1CN(C(=O)C2CC2)CCC1NCc1cn[nH]c1C. The maximum absolute atomic E-state index is 12.2. The van der Waals surface area contributed by atoms with Gasteiger partial charge in [-0.3, -0.25) is 9.89 Å². The average molecular weight is 290 g/mol. The Morgan fingerprint density at radius 2 is 2.29 bits per heavy atom. The topological polar surface area (TPSA) is 61.0 Å². The number of carbonyl (C=O) groups excluding carboxylic acids is 1. The number of carbonyl (C=O) groups is 1. The largest absolute Gasteiger partial charge is 0.342 e. The molecule has 2 N–H and O–H groups in total. The first kappa shape index (κ1) is 14.6. The number of piperidine rings is 1. The second-order valence-electron chi connectivity index (χ2n) is 6.52. The van der Waals surface area contributed by atoms with Crippen LogP contribution in [-0.4, -0.2) is 40.1 Å². The Morgan fingerprint density at radius 3 is 2.90 bits per heavy atom. The van der Waals surface area contributed by atoms with Gasteiger partial charge in [0.15, 0.2) is 0 Å². The summed E-state index contributed by atoms with van der Waals surface area (Å²) in [6, 6.07) is 0.507. The molecule has 2 fully saturated rings. The first-order chi connectivity index (χ1) is 10.2. The number of nitrogens with zero attached hydrogens (tertiary/aromatic N) is 2. The highest BCUT2D eigenvalue weighted by molar-refractivity contribution is 5.81. The lowest BCUT2D eigenvalue weighted by molar-refractivity contribution is -0.134. The molecular formula is C16H26N4O. The lowest BCUT2D eigenvalue weighted by Gasteiger charge is -2.39. The quantitative estimate of drug-likeness (QED) is 0.870. The molecule has 5 heteroatoms. The molecule has 1 amide bonds. The smallest absolute Gasteiger partial charge is 0.225 e. The van der Waals surface area contributed by atoms with E-state index in [0.29, 0.717) is 23.8 Å². The first-order valence-corrected chi connectivity index (χ1v) is 8.20. The molecule has 0 radical (unpaired) electrons. The van der Waals surface area contributed by atoms with Crippen molar-refractivity contribution < 1.29 is 4.79 Å². The normalized spacial score (nSPS) is 26.1. The van der Waals surface area contributed by atoms with Gasteiger partial charge >= 0.3 is 0 Å². The van der Waals surface area contributed by atoms with Crippen LogP contribution in [0.5, 0.6) is 0 Å². The Bertz CT molecular complexity index is 494. The van der Waals surface area contributed by atoms with Gasteiger partial charge in [0.05, 0.1) is 6.20 Å². The molecule has 2 heterocycles. The molecule has 2 aliphatic rings. The Kier molecular flexibility index (Phi) is 4.29. The number of hydrogen-bond donors (Lipinski definition) is 2. The third-order valence-electron chi connectivity index (χ3n) is 4.99. The zero-order chi connectivity index (χ0) is 14.8. The third-order valence-corrected chi connectivity index (χ3v) is 4.99. The van der Waals surface area contributed by atoms with Crippen LogP contribution in [0.25, 0.3) is 0 Å². The lowest BCUT2D eigenvalue weighted by Crippen LogP contribution is -2.51. The van der Waals surface area contributed by atoms with Crippen LogP contribution < -0.4 is 5.32 Å². The zero-order valence-electron chi connectivity index (χ0n) is 13.1. The monoisotopic (exact) mass is 290 g/mol. The number of H-pyrrole nitrogens is 1. The van der Waals surface area contributed by atoms with E-state index in [9.17, 15) is 4.79 Å². The van der Waals surface area contributed by atoms with E-state index < -0.39 is 0 Å². The molecule has 1 aromatic rings. The molecule has 0 spiro atoms. The van der Waals surface area contributed by atoms with Crippen molar-refractivity contribution in [2.75, 3.05) is 13.1 Å². The van der Waals surface area contributed by atoms with E-state index in [1.807, 2.05) is 6.20 Å². The highest BCUT2D eigenvalue weighted by Gasteiger charge is 2.37. The van der Waals surface area contributed by atoms with Gasteiger partial charge in [-0.05, 0) is 32.1 Å². The number of rotatable bonds is 5. The minimum Gasteiger partial charge on any atom is -0.342 e. The highest BCUT2D eigenvalue weighted by Crippen LogP contribution is 2.33. The molecule has 0 aromatic carbocycles. The number of aromatic amines is 1. The molecule has 1 aliphatic heterocycles. The van der Waals surface area contributed by atoms with Gasteiger partial charge in [0.1, 0.15) is 0 Å². The summed E-state index contributed by atoms with van der Waals surface area (Å²) >= 11 is 0. The van der Waals surface area contributed by atoms with E-state index in [-0.39, 0.29) is 0 Å². The summed E-state index contributed by atoms with van der Waals surface area (Å²) in [4.78, 5) is 14.3. The number of amides is 1. The second kappa shape index (κ2) is 6.18. The van der Waals surface area contributed by atoms with Gasteiger partial charge in [-0.1, -0.05) is 13.3 Å². The van der Waals surface area contributed by atoms with Crippen molar-refractivity contribution in [1.82, 2.24) is 20.4 Å². The molecule has 1 saturated heterocycles. The van der Waals surface area contributed by atoms with Crippen molar-refractivity contribution in [3.05, 3.63) is 17.5 Å². The first-order valence-electron chi connectivity index (χ1n) is 8.20. The summed E-state index contributed by atoms with van der Waals surface area (Å²) in [5.41, 5.74) is 2.37. The van der Waals surface area contributed by atoms with Crippen molar-refractivity contribution >= 4 is 5.91 Å². The van der Waals surface area contributed by atoms with E-state index in [2.05, 4.69) is 34.3 Å². The summed E-state index contributed by atoms with van der Waals surface area (Å²) in [6.07, 6.45) is 6.29. The minimum atomic E-state index is 0.348. The summed E-state index contributed by atoms with van der Waals surface area (Å²) in [6.45, 7) is 6.98. The zero-order valence-corrected chi connectivity index (χ0v) is 13.1. The van der Waals surface area contributed by atoms with Crippen molar-refractivity contribution in [1.29, 1.82) is 0 Å². The molecule has 21 heavy (non-hydrogen) atoms. The van der Waals surface area contributed by atoms with Crippen LogP contribution in [0.3, 0.4) is 0 Å². The standard InChI is InChI=1S/C16H26N4O/c1-3-12-10-20(16(21)13-4-5-13)7-6-15(12)17-8-14-9-18-19-11(14)2/h9,12-13,15,17H,3-8,10H2,1-2H3,(H,18,19). The van der Waals surface area contributed by atoms with Crippen LogP contribution in [0, 0.1) is 18.8 Å². The van der Waals surface area contributed by atoms with Crippen LogP contribution in [0.15, 0.2) is 6.20 Å². The van der Waals surface area contributed by atoms with Gasteiger partial charge in [-0.15, -0.1) is 0 Å². The van der Waals surface area contributed by atoms with Crippen LogP contribution in [0.1, 0.15) is 43.9 Å². The van der Waals surface area contributed by atoms with E-state index in [0.717, 1.165) is 51.0 Å². The Hall–Kier alpha value is -1.36. The van der Waals surface area contributed by atoms with Crippen molar-refractivity contribution in [2.45, 2.75) is 52.1 Å². The maximum Gasteiger partial charge on any atom is 0.225 e. The minimum absolute atomic E-state index is 0.348. The van der Waals surface area contributed by atoms with Gasteiger partial charge in [0.25, 0.3) is 0 Å². The number of hydrogen-bond acceptors (Lipinski definition) is 3. The molecule has 2 unspecified atom stereocenters. The summed E-state index contributed by atoms with van der Waals surface area (Å²) in [5, 5.41) is 10.7. The fraction of sp³-hybridized carbons (Fsp3) is 0.750. The predicted octanol–water partition coefficient (Wildman–Crippen LogP) is 1.84. The van der Waals surface area contributed by atoms with Crippen LogP contribution in [0.4, 0.5) is 0 Å². The summed E-state index contributed by atoms with van der Waals surface area (Å²) < 4.78 is 0.